The van der Waals surface area contributed by atoms with Crippen LogP contribution < -0.4 is 0 Å². The van der Waals surface area contributed by atoms with E-state index in [1.165, 1.54) is 13.2 Å². The van der Waals surface area contributed by atoms with Crippen LogP contribution in [0.1, 0.15) is 16.1 Å². The van der Waals surface area contributed by atoms with Crippen molar-refractivity contribution >= 4 is 27.6 Å². The molecule has 3 nitrogen and oxygen atoms in total. The number of nitrogens with zero attached hydrogens (tertiary/aromatic N) is 1. The van der Waals surface area contributed by atoms with Crippen LogP contribution in [0.25, 0.3) is 32.8 Å². The van der Waals surface area contributed by atoms with Gasteiger partial charge in [0, 0.05) is 23.1 Å². The molecule has 4 heteroatoms. The first-order valence-corrected chi connectivity index (χ1v) is 10.1. The average molecular weight is 409 g/mol. The molecule has 31 heavy (non-hydrogen) atoms. The summed E-state index contributed by atoms with van der Waals surface area (Å²) in [5.41, 5.74) is 3.20. The van der Waals surface area contributed by atoms with Gasteiger partial charge in [-0.05, 0) is 28.5 Å². The minimum atomic E-state index is -0.491. The third-order valence-corrected chi connectivity index (χ3v) is 5.66. The van der Waals surface area contributed by atoms with Crippen LogP contribution in [-0.2, 0) is 11.3 Å². The van der Waals surface area contributed by atoms with Gasteiger partial charge >= 0.3 is 5.97 Å². The number of ether oxygens (including phenoxy) is 1. The number of halogens is 1. The van der Waals surface area contributed by atoms with Crippen LogP contribution in [0.2, 0.25) is 0 Å². The Morgan fingerprint density at radius 1 is 0.871 bits per heavy atom. The van der Waals surface area contributed by atoms with Gasteiger partial charge in [-0.2, -0.15) is 0 Å². The Bertz CT molecular complexity index is 1420. The van der Waals surface area contributed by atoms with Gasteiger partial charge in [-0.25, -0.2) is 9.18 Å². The van der Waals surface area contributed by atoms with Crippen LogP contribution in [0.4, 0.5) is 4.39 Å². The molecule has 0 aliphatic carbocycles. The van der Waals surface area contributed by atoms with E-state index in [4.69, 9.17) is 4.74 Å². The average Bonchev–Trinajstić information content (AvgIpc) is 3.14. The Morgan fingerprint density at radius 3 is 2.35 bits per heavy atom. The van der Waals surface area contributed by atoms with Crippen molar-refractivity contribution in [1.29, 1.82) is 0 Å². The molecule has 0 fully saturated rings. The number of benzene rings is 4. The molecule has 0 aliphatic heterocycles. The molecule has 0 unspecified atom stereocenters. The highest BCUT2D eigenvalue weighted by atomic mass is 19.1. The number of rotatable bonds is 4. The van der Waals surface area contributed by atoms with Gasteiger partial charge in [0.1, 0.15) is 11.5 Å². The second-order valence-corrected chi connectivity index (χ2v) is 7.45. The molecule has 152 valence electrons. The van der Waals surface area contributed by atoms with Crippen LogP contribution in [0.15, 0.2) is 91.0 Å². The molecule has 1 aromatic heterocycles. The molecule has 0 bridgehead atoms. The third-order valence-electron chi connectivity index (χ3n) is 5.66. The second-order valence-electron chi connectivity index (χ2n) is 7.45. The zero-order valence-corrected chi connectivity index (χ0v) is 17.0. The summed E-state index contributed by atoms with van der Waals surface area (Å²) in [4.78, 5) is 13.1. The third kappa shape index (κ3) is 3.17. The van der Waals surface area contributed by atoms with E-state index in [2.05, 4.69) is 0 Å². The van der Waals surface area contributed by atoms with E-state index in [1.54, 1.807) is 18.2 Å². The normalized spacial score (nSPS) is 11.2. The fourth-order valence-corrected chi connectivity index (χ4v) is 4.29. The molecule has 0 aliphatic rings. The topological polar surface area (TPSA) is 31.2 Å². The molecular formula is C27H20FNO2. The zero-order valence-electron chi connectivity index (χ0n) is 17.0. The lowest BCUT2D eigenvalue weighted by Gasteiger charge is -2.11. The van der Waals surface area contributed by atoms with E-state index in [9.17, 15) is 4.79 Å². The highest BCUT2D eigenvalue weighted by Gasteiger charge is 2.27. The zero-order chi connectivity index (χ0) is 21.4. The number of carbonyl (C=O) groups is 1. The summed E-state index contributed by atoms with van der Waals surface area (Å²) >= 11 is 0. The Labute approximate surface area is 179 Å². The summed E-state index contributed by atoms with van der Waals surface area (Å²) in [6.07, 6.45) is 0. The van der Waals surface area contributed by atoms with Gasteiger partial charge in [0.05, 0.1) is 12.6 Å². The van der Waals surface area contributed by atoms with E-state index in [1.807, 2.05) is 71.3 Å². The minimum absolute atomic E-state index is 0.350. The number of fused-ring (bicyclic) bond motifs is 3. The van der Waals surface area contributed by atoms with Gasteiger partial charge < -0.3 is 9.30 Å². The summed E-state index contributed by atoms with van der Waals surface area (Å²) < 4.78 is 22.1. The maximum atomic E-state index is 15.0. The lowest BCUT2D eigenvalue weighted by molar-refractivity contribution is 0.0590. The van der Waals surface area contributed by atoms with Crippen LogP contribution in [0.3, 0.4) is 0 Å². The number of hydrogen-bond acceptors (Lipinski definition) is 2. The Kier molecular flexibility index (Phi) is 4.75. The van der Waals surface area contributed by atoms with Crippen molar-refractivity contribution < 1.29 is 13.9 Å². The van der Waals surface area contributed by atoms with Crippen molar-refractivity contribution in [1.82, 2.24) is 4.57 Å². The molecular weight excluding hydrogens is 389 g/mol. The Morgan fingerprint density at radius 2 is 1.58 bits per heavy atom. The second kappa shape index (κ2) is 7.73. The molecule has 0 saturated carbocycles. The number of hydrogen-bond donors (Lipinski definition) is 0. The van der Waals surface area contributed by atoms with Gasteiger partial charge in [-0.3, -0.25) is 0 Å². The number of methoxy groups -OCH3 is 1. The molecule has 0 atom stereocenters. The highest BCUT2D eigenvalue weighted by Crippen LogP contribution is 2.41. The fraction of sp³-hybridized carbons (Fsp3) is 0.0741. The maximum Gasteiger partial charge on any atom is 0.355 e. The van der Waals surface area contributed by atoms with Crippen molar-refractivity contribution in [3.8, 4) is 11.1 Å². The molecule has 0 spiro atoms. The van der Waals surface area contributed by atoms with Gasteiger partial charge in [0.15, 0.2) is 0 Å². The number of esters is 1. The molecule has 5 rings (SSSR count). The molecule has 0 radical (unpaired) electrons. The van der Waals surface area contributed by atoms with E-state index in [0.29, 0.717) is 23.4 Å². The lowest BCUT2D eigenvalue weighted by Crippen LogP contribution is -2.12. The van der Waals surface area contributed by atoms with Gasteiger partial charge in [0.25, 0.3) is 0 Å². The van der Waals surface area contributed by atoms with E-state index < -0.39 is 5.97 Å². The first-order valence-electron chi connectivity index (χ1n) is 10.1. The molecule has 1 heterocycles. The minimum Gasteiger partial charge on any atom is -0.464 e. The summed E-state index contributed by atoms with van der Waals surface area (Å²) in [7, 11) is 1.36. The van der Waals surface area contributed by atoms with Crippen molar-refractivity contribution in [2.24, 2.45) is 0 Å². The molecule has 4 aromatic carbocycles. The maximum absolute atomic E-state index is 15.0. The van der Waals surface area contributed by atoms with Crippen LogP contribution >= 0.6 is 0 Å². The Hall–Kier alpha value is -3.92. The van der Waals surface area contributed by atoms with Gasteiger partial charge in [0.2, 0.25) is 0 Å². The lowest BCUT2D eigenvalue weighted by atomic mass is 9.97. The first-order chi connectivity index (χ1) is 15.2. The first kappa shape index (κ1) is 19.1. The molecule has 0 amide bonds. The molecule has 5 aromatic rings. The van der Waals surface area contributed by atoms with Crippen LogP contribution in [-0.4, -0.2) is 17.6 Å². The predicted octanol–water partition coefficient (Wildman–Crippen LogP) is 6.44. The largest absolute Gasteiger partial charge is 0.464 e. The number of aromatic nitrogens is 1. The monoisotopic (exact) mass is 409 g/mol. The highest BCUT2D eigenvalue weighted by molar-refractivity contribution is 6.19. The van der Waals surface area contributed by atoms with E-state index in [-0.39, 0.29) is 5.82 Å². The smallest absolute Gasteiger partial charge is 0.355 e. The summed E-state index contributed by atoms with van der Waals surface area (Å²) in [5.74, 6) is -0.867. The van der Waals surface area contributed by atoms with Crippen LogP contribution in [0, 0.1) is 5.82 Å². The van der Waals surface area contributed by atoms with Gasteiger partial charge in [-0.15, -0.1) is 0 Å². The standard InChI is InChI=1S/C27H20FNO2/c1-31-27(30)26-25(21-13-7-8-14-22(21)28)24-20-12-6-5-11-19(20)15-16-23(24)29(26)17-18-9-3-2-4-10-18/h2-16H,17H2,1H3. The summed E-state index contributed by atoms with van der Waals surface area (Å²) in [5, 5.41) is 2.84. The summed E-state index contributed by atoms with van der Waals surface area (Å²) in [6.45, 7) is 0.467. The SMILES string of the molecule is COC(=O)c1c(-c2ccccc2F)c2c3ccccc3ccc2n1Cc1ccccc1. The van der Waals surface area contributed by atoms with E-state index >= 15 is 4.39 Å². The Balaban J connectivity index is 1.95. The summed E-state index contributed by atoms with van der Waals surface area (Å²) in [6, 6.07) is 28.5. The predicted molar refractivity (Wildman–Crippen MR) is 122 cm³/mol. The molecule has 0 saturated heterocycles. The quantitative estimate of drug-likeness (QED) is 0.320. The van der Waals surface area contributed by atoms with Crippen molar-refractivity contribution in [2.45, 2.75) is 6.54 Å². The van der Waals surface area contributed by atoms with Crippen molar-refractivity contribution in [3.05, 3.63) is 108 Å². The van der Waals surface area contributed by atoms with E-state index in [0.717, 1.165) is 27.2 Å². The number of carbonyl (C=O) groups excluding carboxylic acids is 1. The van der Waals surface area contributed by atoms with Gasteiger partial charge in [-0.1, -0.05) is 78.9 Å². The fourth-order valence-electron chi connectivity index (χ4n) is 4.29. The molecule has 0 N–H and O–H groups in total. The van der Waals surface area contributed by atoms with Crippen molar-refractivity contribution in [2.75, 3.05) is 7.11 Å². The van der Waals surface area contributed by atoms with Crippen molar-refractivity contribution in [3.63, 3.8) is 0 Å². The van der Waals surface area contributed by atoms with Crippen LogP contribution in [0.5, 0.6) is 0 Å².